The Morgan fingerprint density at radius 1 is 1.21 bits per heavy atom. The maximum Gasteiger partial charge on any atom is 0.345 e. The van der Waals surface area contributed by atoms with E-state index in [1.807, 2.05) is 30.3 Å². The lowest BCUT2D eigenvalue weighted by Crippen LogP contribution is -2.20. The number of rotatable bonds is 6. The van der Waals surface area contributed by atoms with Crippen LogP contribution in [0.15, 0.2) is 42.5 Å². The minimum Gasteiger partial charge on any atom is -0.477 e. The van der Waals surface area contributed by atoms with Gasteiger partial charge in [0, 0.05) is 18.0 Å². The van der Waals surface area contributed by atoms with E-state index in [1.54, 1.807) is 12.1 Å². The standard InChI is InChI=1S/C14H15NO3S/c16-12(10-4-2-1-3-5-10)9-15-8-11-6-7-13(19-11)14(17)18/h1-7,12,15-16H,8-9H2,(H,17,18). The molecule has 1 unspecified atom stereocenters. The molecule has 0 bridgehead atoms. The van der Waals surface area contributed by atoms with Crippen molar-refractivity contribution in [3.8, 4) is 0 Å². The molecule has 2 aromatic rings. The molecule has 0 spiro atoms. The van der Waals surface area contributed by atoms with Crippen LogP contribution in [-0.4, -0.2) is 22.7 Å². The van der Waals surface area contributed by atoms with Crippen molar-refractivity contribution in [1.29, 1.82) is 0 Å². The van der Waals surface area contributed by atoms with E-state index in [0.717, 1.165) is 10.4 Å². The Labute approximate surface area is 115 Å². The van der Waals surface area contributed by atoms with E-state index in [2.05, 4.69) is 5.32 Å². The first-order valence-electron chi connectivity index (χ1n) is 5.92. The minimum atomic E-state index is -0.902. The van der Waals surface area contributed by atoms with Gasteiger partial charge in [-0.25, -0.2) is 4.79 Å². The van der Waals surface area contributed by atoms with Crippen molar-refractivity contribution in [1.82, 2.24) is 5.32 Å². The van der Waals surface area contributed by atoms with Crippen LogP contribution >= 0.6 is 11.3 Å². The van der Waals surface area contributed by atoms with Gasteiger partial charge in [-0.3, -0.25) is 0 Å². The van der Waals surface area contributed by atoms with Gasteiger partial charge in [-0.2, -0.15) is 0 Å². The van der Waals surface area contributed by atoms with Gasteiger partial charge < -0.3 is 15.5 Å². The summed E-state index contributed by atoms with van der Waals surface area (Å²) in [4.78, 5) is 12.0. The third-order valence-corrected chi connectivity index (χ3v) is 3.77. The number of thiophene rings is 1. The van der Waals surface area contributed by atoms with Gasteiger partial charge >= 0.3 is 5.97 Å². The predicted octanol–water partition coefficient (Wildman–Crippen LogP) is 2.27. The number of nitrogens with one attached hydrogen (secondary N) is 1. The van der Waals surface area contributed by atoms with Crippen LogP contribution in [0.2, 0.25) is 0 Å². The van der Waals surface area contributed by atoms with Gasteiger partial charge in [-0.05, 0) is 17.7 Å². The van der Waals surface area contributed by atoms with Crippen molar-refractivity contribution in [3.05, 3.63) is 57.8 Å². The van der Waals surface area contributed by atoms with Gasteiger partial charge in [0.05, 0.1) is 6.10 Å². The highest BCUT2D eigenvalue weighted by atomic mass is 32.1. The number of carbonyl (C=O) groups is 1. The van der Waals surface area contributed by atoms with Crippen molar-refractivity contribution >= 4 is 17.3 Å². The Kier molecular flexibility index (Phi) is 4.68. The number of aliphatic hydroxyl groups is 1. The van der Waals surface area contributed by atoms with E-state index >= 15 is 0 Å². The SMILES string of the molecule is O=C(O)c1ccc(CNCC(O)c2ccccc2)s1. The first-order valence-corrected chi connectivity index (χ1v) is 6.74. The van der Waals surface area contributed by atoms with E-state index in [4.69, 9.17) is 5.11 Å². The number of hydrogen-bond acceptors (Lipinski definition) is 4. The van der Waals surface area contributed by atoms with E-state index in [1.165, 1.54) is 11.3 Å². The second-order valence-corrected chi connectivity index (χ2v) is 5.30. The Morgan fingerprint density at radius 3 is 2.58 bits per heavy atom. The maximum atomic E-state index is 10.7. The Hall–Kier alpha value is -1.69. The molecule has 100 valence electrons. The number of aromatic carboxylic acids is 1. The van der Waals surface area contributed by atoms with Crippen LogP contribution < -0.4 is 5.32 Å². The van der Waals surface area contributed by atoms with Crippen LogP contribution in [0.4, 0.5) is 0 Å². The fourth-order valence-corrected chi connectivity index (χ4v) is 2.53. The molecule has 1 aromatic heterocycles. The normalized spacial score (nSPS) is 12.3. The topological polar surface area (TPSA) is 69.6 Å². The van der Waals surface area contributed by atoms with Crippen molar-refractivity contribution in [3.63, 3.8) is 0 Å². The molecule has 0 amide bonds. The summed E-state index contributed by atoms with van der Waals surface area (Å²) in [6.45, 7) is 0.992. The van der Waals surface area contributed by atoms with Gasteiger partial charge in [0.25, 0.3) is 0 Å². The molecule has 0 saturated heterocycles. The second-order valence-electron chi connectivity index (χ2n) is 4.13. The molecular weight excluding hydrogens is 262 g/mol. The van der Waals surface area contributed by atoms with Gasteiger partial charge in [0.15, 0.2) is 0 Å². The summed E-state index contributed by atoms with van der Waals surface area (Å²) in [5, 5.41) is 21.9. The molecule has 0 radical (unpaired) electrons. The summed E-state index contributed by atoms with van der Waals surface area (Å²) in [6.07, 6.45) is -0.555. The number of carboxylic acid groups (broad SMARTS) is 1. The van der Waals surface area contributed by atoms with Crippen molar-refractivity contribution in [2.24, 2.45) is 0 Å². The molecule has 0 fully saturated rings. The molecule has 5 heteroatoms. The molecule has 4 nitrogen and oxygen atoms in total. The largest absolute Gasteiger partial charge is 0.477 e. The molecule has 0 aliphatic carbocycles. The Morgan fingerprint density at radius 2 is 1.95 bits per heavy atom. The van der Waals surface area contributed by atoms with Crippen LogP contribution in [0.3, 0.4) is 0 Å². The molecule has 0 saturated carbocycles. The number of hydrogen-bond donors (Lipinski definition) is 3. The van der Waals surface area contributed by atoms with Crippen molar-refractivity contribution < 1.29 is 15.0 Å². The summed E-state index contributed by atoms with van der Waals surface area (Å²) < 4.78 is 0. The minimum absolute atomic E-state index is 0.334. The van der Waals surface area contributed by atoms with E-state index < -0.39 is 12.1 Å². The van der Waals surface area contributed by atoms with Gasteiger partial charge in [-0.15, -0.1) is 11.3 Å². The van der Waals surface area contributed by atoms with Crippen LogP contribution in [-0.2, 0) is 6.54 Å². The lowest BCUT2D eigenvalue weighted by Gasteiger charge is -2.11. The Balaban J connectivity index is 1.81. The average Bonchev–Trinajstić information content (AvgIpc) is 2.89. The van der Waals surface area contributed by atoms with Gasteiger partial charge in [-0.1, -0.05) is 30.3 Å². The van der Waals surface area contributed by atoms with Gasteiger partial charge in [0.1, 0.15) is 4.88 Å². The smallest absolute Gasteiger partial charge is 0.345 e. The first-order chi connectivity index (χ1) is 9.16. The molecule has 2 rings (SSSR count). The lowest BCUT2D eigenvalue weighted by molar-refractivity contribution is 0.0702. The summed E-state index contributed by atoms with van der Waals surface area (Å²) in [5.41, 5.74) is 0.868. The predicted molar refractivity (Wildman–Crippen MR) is 74.4 cm³/mol. The molecule has 1 atom stereocenters. The molecule has 1 aromatic carbocycles. The van der Waals surface area contributed by atoms with Crippen LogP contribution in [0.5, 0.6) is 0 Å². The summed E-state index contributed by atoms with van der Waals surface area (Å²) in [5.74, 6) is -0.902. The molecular formula is C14H15NO3S. The number of aliphatic hydroxyl groups excluding tert-OH is 1. The van der Waals surface area contributed by atoms with E-state index in [0.29, 0.717) is 18.0 Å². The van der Waals surface area contributed by atoms with Gasteiger partial charge in [0.2, 0.25) is 0 Å². The second kappa shape index (κ2) is 6.47. The highest BCUT2D eigenvalue weighted by molar-refractivity contribution is 7.13. The highest BCUT2D eigenvalue weighted by Gasteiger charge is 2.08. The molecule has 1 heterocycles. The fourth-order valence-electron chi connectivity index (χ4n) is 1.71. The summed E-state index contributed by atoms with van der Waals surface area (Å²) in [6, 6.07) is 12.8. The van der Waals surface area contributed by atoms with Crippen molar-refractivity contribution in [2.75, 3.05) is 6.54 Å². The Bertz CT molecular complexity index is 539. The zero-order valence-electron chi connectivity index (χ0n) is 10.2. The average molecular weight is 277 g/mol. The number of carboxylic acids is 1. The zero-order valence-corrected chi connectivity index (χ0v) is 11.1. The summed E-state index contributed by atoms with van der Waals surface area (Å²) >= 11 is 1.24. The number of benzene rings is 1. The molecule has 3 N–H and O–H groups in total. The molecule has 19 heavy (non-hydrogen) atoms. The third-order valence-electron chi connectivity index (χ3n) is 2.69. The van der Waals surface area contributed by atoms with E-state index in [-0.39, 0.29) is 0 Å². The monoisotopic (exact) mass is 277 g/mol. The van der Waals surface area contributed by atoms with E-state index in [9.17, 15) is 9.90 Å². The van der Waals surface area contributed by atoms with Crippen molar-refractivity contribution in [2.45, 2.75) is 12.6 Å². The lowest BCUT2D eigenvalue weighted by atomic mass is 10.1. The maximum absolute atomic E-state index is 10.7. The first kappa shape index (κ1) is 13.7. The molecule has 0 aliphatic rings. The van der Waals surface area contributed by atoms with Crippen LogP contribution in [0.1, 0.15) is 26.2 Å². The highest BCUT2D eigenvalue weighted by Crippen LogP contribution is 2.16. The fraction of sp³-hybridized carbons (Fsp3) is 0.214. The zero-order chi connectivity index (χ0) is 13.7. The third kappa shape index (κ3) is 3.89. The summed E-state index contributed by atoms with van der Waals surface area (Å²) in [7, 11) is 0. The molecule has 0 aliphatic heterocycles. The van der Waals surface area contributed by atoms with Crippen LogP contribution in [0.25, 0.3) is 0 Å². The van der Waals surface area contributed by atoms with Crippen LogP contribution in [0, 0.1) is 0 Å². The quantitative estimate of drug-likeness (QED) is 0.757.